The van der Waals surface area contributed by atoms with Gasteiger partial charge in [0.1, 0.15) is 6.10 Å². The lowest BCUT2D eigenvalue weighted by Crippen LogP contribution is -2.17. The van der Waals surface area contributed by atoms with Crippen molar-refractivity contribution in [2.75, 3.05) is 0 Å². The van der Waals surface area contributed by atoms with E-state index in [4.69, 9.17) is 9.78 Å². The Kier molecular flexibility index (Phi) is 6.06. The summed E-state index contributed by atoms with van der Waals surface area (Å²) in [6.07, 6.45) is 8.92. The Morgan fingerprint density at radius 2 is 1.90 bits per heavy atom. The second-order valence-electron chi connectivity index (χ2n) is 5.44. The summed E-state index contributed by atoms with van der Waals surface area (Å²) in [6, 6.07) is 8.92. The predicted molar refractivity (Wildman–Crippen MR) is 77.7 cm³/mol. The zero-order chi connectivity index (χ0) is 14.2. The molecule has 1 saturated carbocycles. The van der Waals surface area contributed by atoms with Crippen LogP contribution in [-0.2, 0) is 9.78 Å². The lowest BCUT2D eigenvalue weighted by molar-refractivity contribution is -0.240. The Balaban J connectivity index is 1.67. The molecule has 20 heavy (non-hydrogen) atoms. The van der Waals surface area contributed by atoms with E-state index in [0.717, 1.165) is 37.7 Å². The maximum Gasteiger partial charge on any atom is 0.373 e. The predicted octanol–water partition coefficient (Wildman–Crippen LogP) is 4.69. The summed E-state index contributed by atoms with van der Waals surface area (Å²) < 4.78 is 0. The fourth-order valence-corrected chi connectivity index (χ4v) is 2.58. The van der Waals surface area contributed by atoms with Crippen molar-refractivity contribution in [3.63, 3.8) is 0 Å². The largest absolute Gasteiger partial charge is 0.373 e. The van der Waals surface area contributed by atoms with Crippen LogP contribution in [0, 0.1) is 12.0 Å². The molecule has 1 aromatic carbocycles. The molecule has 109 valence electrons. The van der Waals surface area contributed by atoms with Crippen molar-refractivity contribution in [1.29, 1.82) is 0 Å². The summed E-state index contributed by atoms with van der Waals surface area (Å²) >= 11 is 0. The third-order valence-corrected chi connectivity index (χ3v) is 3.87. The molecule has 0 atom stereocenters. The van der Waals surface area contributed by atoms with Gasteiger partial charge in [-0.15, -0.1) is 0 Å². The van der Waals surface area contributed by atoms with Gasteiger partial charge in [-0.1, -0.05) is 44.4 Å². The number of hydrogen-bond acceptors (Lipinski definition) is 3. The number of benzene rings is 1. The lowest BCUT2D eigenvalue weighted by atomic mass is 9.84. The van der Waals surface area contributed by atoms with Crippen molar-refractivity contribution in [2.24, 2.45) is 5.92 Å². The summed E-state index contributed by atoms with van der Waals surface area (Å²) in [5, 5.41) is 0. The van der Waals surface area contributed by atoms with Gasteiger partial charge in [0.05, 0.1) is 5.56 Å². The molecule has 1 aliphatic carbocycles. The van der Waals surface area contributed by atoms with E-state index >= 15 is 0 Å². The molecular weight excluding hydrogens is 252 g/mol. The average molecular weight is 275 g/mol. The van der Waals surface area contributed by atoms with Crippen LogP contribution in [0.5, 0.6) is 0 Å². The molecule has 2 rings (SSSR count). The maximum absolute atomic E-state index is 11.7. The Morgan fingerprint density at radius 1 is 1.20 bits per heavy atom. The molecule has 3 heteroatoms. The van der Waals surface area contributed by atoms with E-state index in [9.17, 15) is 4.79 Å². The molecule has 0 heterocycles. The third kappa shape index (κ3) is 4.64. The van der Waals surface area contributed by atoms with E-state index in [2.05, 4.69) is 6.92 Å². The molecule has 0 N–H and O–H groups in total. The van der Waals surface area contributed by atoms with Crippen LogP contribution in [0.1, 0.15) is 62.2 Å². The van der Waals surface area contributed by atoms with Gasteiger partial charge in [0.25, 0.3) is 0 Å². The van der Waals surface area contributed by atoms with Crippen LogP contribution in [0.3, 0.4) is 0 Å². The quantitative estimate of drug-likeness (QED) is 0.558. The van der Waals surface area contributed by atoms with Crippen molar-refractivity contribution >= 4 is 5.97 Å². The topological polar surface area (TPSA) is 35.5 Å². The first kappa shape index (κ1) is 15.0. The van der Waals surface area contributed by atoms with Gasteiger partial charge in [-0.2, -0.15) is 4.89 Å². The first-order valence-electron chi connectivity index (χ1n) is 7.58. The molecule has 0 spiro atoms. The number of rotatable bonds is 6. The fraction of sp³-hybridized carbons (Fsp3) is 0.529. The van der Waals surface area contributed by atoms with E-state index in [-0.39, 0.29) is 0 Å². The first-order chi connectivity index (χ1) is 9.79. The minimum atomic E-state index is -0.425. The second-order valence-corrected chi connectivity index (χ2v) is 5.44. The summed E-state index contributed by atoms with van der Waals surface area (Å²) in [7, 11) is 0. The van der Waals surface area contributed by atoms with Gasteiger partial charge in [0.15, 0.2) is 0 Å². The number of hydrogen-bond donors (Lipinski definition) is 0. The molecule has 0 aromatic heterocycles. The van der Waals surface area contributed by atoms with Crippen LogP contribution in [-0.4, -0.2) is 5.97 Å². The van der Waals surface area contributed by atoms with Crippen molar-refractivity contribution < 1.29 is 14.6 Å². The van der Waals surface area contributed by atoms with Crippen molar-refractivity contribution in [3.8, 4) is 0 Å². The Morgan fingerprint density at radius 3 is 2.55 bits per heavy atom. The van der Waals surface area contributed by atoms with Crippen molar-refractivity contribution in [1.82, 2.24) is 0 Å². The highest BCUT2D eigenvalue weighted by Gasteiger charge is 2.24. The van der Waals surface area contributed by atoms with Crippen LogP contribution in [0.4, 0.5) is 0 Å². The molecule has 1 radical (unpaired) electrons. The normalized spacial score (nSPS) is 17.1. The maximum atomic E-state index is 11.7. The molecular formula is C17H23O3. The highest BCUT2D eigenvalue weighted by atomic mass is 17.2. The second kappa shape index (κ2) is 8.05. The molecule has 0 bridgehead atoms. The summed E-state index contributed by atoms with van der Waals surface area (Å²) in [5.41, 5.74) is 0.518. The molecule has 0 aliphatic heterocycles. The van der Waals surface area contributed by atoms with Crippen LogP contribution < -0.4 is 0 Å². The molecule has 0 unspecified atom stereocenters. The molecule has 1 fully saturated rings. The minimum Gasteiger partial charge on any atom is -0.292 e. The summed E-state index contributed by atoms with van der Waals surface area (Å²) in [5.74, 6) is 0.387. The van der Waals surface area contributed by atoms with Crippen LogP contribution in [0.2, 0.25) is 0 Å². The van der Waals surface area contributed by atoms with Crippen LogP contribution in [0.15, 0.2) is 30.3 Å². The Hall–Kier alpha value is -1.35. The number of carbonyl (C=O) groups is 1. The summed E-state index contributed by atoms with van der Waals surface area (Å²) in [4.78, 5) is 21.9. The van der Waals surface area contributed by atoms with E-state index < -0.39 is 5.97 Å². The van der Waals surface area contributed by atoms with Crippen molar-refractivity contribution in [2.45, 2.75) is 51.9 Å². The molecule has 1 aliphatic rings. The zero-order valence-electron chi connectivity index (χ0n) is 12.1. The highest BCUT2D eigenvalue weighted by molar-refractivity contribution is 5.88. The smallest absolute Gasteiger partial charge is 0.292 e. The Bertz CT molecular complexity index is 394. The van der Waals surface area contributed by atoms with Gasteiger partial charge in [-0.05, 0) is 43.7 Å². The van der Waals surface area contributed by atoms with Gasteiger partial charge < -0.3 is 0 Å². The number of unbranched alkanes of at least 4 members (excludes halogenated alkanes) is 1. The molecule has 1 aromatic rings. The standard InChI is InChI=1S/C17H23O3/c1-2-3-7-14-10-12-16(13-11-14)19-20-17(18)15-8-5-4-6-9-15/h4-6,8-9,14H,2-3,7,10-13H2,1H3. The van der Waals surface area contributed by atoms with Gasteiger partial charge in [-0.25, -0.2) is 4.79 Å². The van der Waals surface area contributed by atoms with E-state index in [1.165, 1.54) is 19.3 Å². The van der Waals surface area contributed by atoms with Gasteiger partial charge in [0.2, 0.25) is 0 Å². The monoisotopic (exact) mass is 275 g/mol. The average Bonchev–Trinajstić information content (AvgIpc) is 2.52. The zero-order valence-corrected chi connectivity index (χ0v) is 12.1. The first-order valence-corrected chi connectivity index (χ1v) is 7.58. The Labute approximate surface area is 121 Å². The van der Waals surface area contributed by atoms with Gasteiger partial charge in [-0.3, -0.25) is 4.89 Å². The molecule has 3 nitrogen and oxygen atoms in total. The van der Waals surface area contributed by atoms with Crippen LogP contribution >= 0.6 is 0 Å². The van der Waals surface area contributed by atoms with E-state index in [1.807, 2.05) is 18.2 Å². The number of carbonyl (C=O) groups excluding carboxylic acids is 1. The minimum absolute atomic E-state index is 0.425. The highest BCUT2D eigenvalue weighted by Crippen LogP contribution is 2.33. The SMILES string of the molecule is CCCCC1CC[C](OOC(=O)c2ccccc2)CC1. The lowest BCUT2D eigenvalue weighted by Gasteiger charge is -2.26. The third-order valence-electron chi connectivity index (χ3n) is 3.87. The molecule has 0 saturated heterocycles. The molecule has 0 amide bonds. The fourth-order valence-electron chi connectivity index (χ4n) is 2.58. The van der Waals surface area contributed by atoms with E-state index in [0.29, 0.717) is 5.56 Å². The van der Waals surface area contributed by atoms with Gasteiger partial charge >= 0.3 is 5.97 Å². The van der Waals surface area contributed by atoms with Crippen LogP contribution in [0.25, 0.3) is 0 Å². The van der Waals surface area contributed by atoms with Gasteiger partial charge in [0, 0.05) is 0 Å². The van der Waals surface area contributed by atoms with Crippen molar-refractivity contribution in [3.05, 3.63) is 42.0 Å². The van der Waals surface area contributed by atoms with E-state index in [1.54, 1.807) is 12.1 Å². The summed E-state index contributed by atoms with van der Waals surface area (Å²) in [6.45, 7) is 2.23.